The average molecular weight is 527 g/mol. The van der Waals surface area contributed by atoms with Crippen molar-refractivity contribution in [2.75, 3.05) is 13.7 Å². The van der Waals surface area contributed by atoms with Crippen molar-refractivity contribution in [2.45, 2.75) is 25.6 Å². The summed E-state index contributed by atoms with van der Waals surface area (Å²) in [5.41, 5.74) is -0.528. The number of hydrogen-bond donors (Lipinski definition) is 1. The Bertz CT molecular complexity index is 1260. The van der Waals surface area contributed by atoms with Gasteiger partial charge in [-0.15, -0.1) is 0 Å². The van der Waals surface area contributed by atoms with Crippen LogP contribution in [0, 0.1) is 0 Å². The number of nitrogens with one attached hydrogen (secondary N) is 1. The molecule has 0 saturated carbocycles. The molecule has 0 aliphatic heterocycles. The molecule has 3 aromatic rings. The fourth-order valence-electron chi connectivity index (χ4n) is 3.29. The largest absolute Gasteiger partial charge is 0.484 e. The first-order valence-electron chi connectivity index (χ1n) is 10.7. The van der Waals surface area contributed by atoms with Gasteiger partial charge in [0, 0.05) is 13.1 Å². The molecule has 1 N–H and O–H groups in total. The van der Waals surface area contributed by atoms with Crippen LogP contribution in [-0.2, 0) is 11.8 Å². The number of aromatic nitrogens is 2. The average Bonchev–Trinajstić information content (AvgIpc) is 3.18. The normalized spacial score (nSPS) is 12.2. The van der Waals surface area contributed by atoms with E-state index >= 15 is 0 Å². The lowest BCUT2D eigenvalue weighted by Crippen LogP contribution is -2.27. The van der Waals surface area contributed by atoms with Gasteiger partial charge in [0.25, 0.3) is 12.3 Å². The molecule has 0 bridgehead atoms. The van der Waals surface area contributed by atoms with Crippen LogP contribution in [-0.4, -0.2) is 41.5 Å². The van der Waals surface area contributed by atoms with Crippen LogP contribution in [0.15, 0.2) is 48.5 Å². The molecule has 1 atom stereocenters. The van der Waals surface area contributed by atoms with Crippen molar-refractivity contribution in [1.29, 1.82) is 0 Å². The Labute approximate surface area is 207 Å². The second kappa shape index (κ2) is 11.3. The molecule has 3 rings (SSSR count). The first kappa shape index (κ1) is 27.4. The Balaban J connectivity index is 1.85. The molecule has 0 aliphatic rings. The first-order valence-corrected chi connectivity index (χ1v) is 10.7. The number of hydrogen-bond acceptors (Lipinski definition) is 6. The van der Waals surface area contributed by atoms with E-state index in [2.05, 4.69) is 19.9 Å². The molecule has 37 heavy (non-hydrogen) atoms. The second-order valence-electron chi connectivity index (χ2n) is 7.78. The third-order valence-electron chi connectivity index (χ3n) is 5.06. The number of halogens is 5. The number of alkyl halides is 5. The minimum absolute atomic E-state index is 0.0658. The number of carbonyl (C=O) groups excluding carboxylic acids is 2. The fourth-order valence-corrected chi connectivity index (χ4v) is 3.29. The van der Waals surface area contributed by atoms with Gasteiger partial charge in [-0.2, -0.15) is 18.3 Å². The van der Waals surface area contributed by atoms with Crippen LogP contribution < -0.4 is 14.8 Å². The van der Waals surface area contributed by atoms with Gasteiger partial charge in [0.1, 0.15) is 22.8 Å². The molecule has 2 aromatic carbocycles. The topological polar surface area (TPSA) is 91.7 Å². The molecular formula is C24H22F5N3O5. The lowest BCUT2D eigenvalue weighted by atomic mass is 10.1. The zero-order valence-electron chi connectivity index (χ0n) is 19.8. The number of carbonyl (C=O) groups is 2. The number of amides is 1. The summed E-state index contributed by atoms with van der Waals surface area (Å²) in [5.74, 6) is -2.07. The van der Waals surface area contributed by atoms with Crippen molar-refractivity contribution >= 4 is 11.9 Å². The first-order chi connectivity index (χ1) is 17.4. The zero-order chi connectivity index (χ0) is 27.3. The van der Waals surface area contributed by atoms with Gasteiger partial charge in [0.15, 0.2) is 6.61 Å². The van der Waals surface area contributed by atoms with E-state index in [1.807, 2.05) is 0 Å². The van der Waals surface area contributed by atoms with E-state index in [4.69, 9.17) is 4.74 Å². The van der Waals surface area contributed by atoms with Gasteiger partial charge in [-0.05, 0) is 36.8 Å². The monoisotopic (exact) mass is 527 g/mol. The summed E-state index contributed by atoms with van der Waals surface area (Å²) in [5, 5.41) is 6.28. The summed E-state index contributed by atoms with van der Waals surface area (Å²) in [7, 11) is 2.51. The highest BCUT2D eigenvalue weighted by atomic mass is 19.4. The van der Waals surface area contributed by atoms with E-state index < -0.39 is 48.4 Å². The quantitative estimate of drug-likeness (QED) is 0.297. The molecule has 0 spiro atoms. The summed E-state index contributed by atoms with van der Waals surface area (Å²) in [6, 6.07) is 10.5. The molecule has 1 aromatic heterocycles. The molecule has 1 heterocycles. The Morgan fingerprint density at radius 1 is 1.08 bits per heavy atom. The van der Waals surface area contributed by atoms with E-state index in [0.29, 0.717) is 5.56 Å². The Kier molecular flexibility index (Phi) is 8.35. The van der Waals surface area contributed by atoms with Gasteiger partial charge in [0.2, 0.25) is 5.88 Å². The van der Waals surface area contributed by atoms with Crippen molar-refractivity contribution in [1.82, 2.24) is 15.1 Å². The maximum absolute atomic E-state index is 13.7. The number of rotatable bonds is 9. The van der Waals surface area contributed by atoms with E-state index in [0.717, 1.165) is 10.7 Å². The van der Waals surface area contributed by atoms with E-state index in [9.17, 15) is 31.5 Å². The summed E-state index contributed by atoms with van der Waals surface area (Å²) in [6.07, 6.45) is -7.69. The summed E-state index contributed by atoms with van der Waals surface area (Å²) >= 11 is 0. The molecule has 0 aliphatic carbocycles. The van der Waals surface area contributed by atoms with Crippen molar-refractivity contribution in [3.63, 3.8) is 0 Å². The Hall–Kier alpha value is -4.16. The number of methoxy groups -OCH3 is 1. The number of aryl methyl sites for hydroxylation is 1. The highest BCUT2D eigenvalue weighted by Gasteiger charge is 2.31. The van der Waals surface area contributed by atoms with Gasteiger partial charge in [0.05, 0.1) is 18.7 Å². The maximum atomic E-state index is 13.7. The van der Waals surface area contributed by atoms with E-state index in [-0.39, 0.29) is 22.9 Å². The number of esters is 1. The van der Waals surface area contributed by atoms with Crippen LogP contribution >= 0.6 is 0 Å². The van der Waals surface area contributed by atoms with Crippen LogP contribution in [0.1, 0.15) is 51.4 Å². The van der Waals surface area contributed by atoms with Gasteiger partial charge in [-0.3, -0.25) is 4.79 Å². The number of benzene rings is 2. The second-order valence-corrected chi connectivity index (χ2v) is 7.78. The van der Waals surface area contributed by atoms with Crippen LogP contribution in [0.5, 0.6) is 17.4 Å². The Morgan fingerprint density at radius 3 is 2.32 bits per heavy atom. The van der Waals surface area contributed by atoms with Crippen molar-refractivity contribution in [3.8, 4) is 17.4 Å². The third kappa shape index (κ3) is 6.96. The van der Waals surface area contributed by atoms with E-state index in [1.54, 1.807) is 19.1 Å². The molecule has 1 amide bonds. The van der Waals surface area contributed by atoms with Crippen LogP contribution in [0.4, 0.5) is 22.0 Å². The predicted octanol–water partition coefficient (Wildman–Crippen LogP) is 5.37. The minimum Gasteiger partial charge on any atom is -0.484 e. The summed E-state index contributed by atoms with van der Waals surface area (Å²) in [4.78, 5) is 24.7. The minimum atomic E-state index is -4.56. The molecule has 0 saturated heterocycles. The van der Waals surface area contributed by atoms with Crippen molar-refractivity contribution in [3.05, 3.63) is 70.9 Å². The standard InChI is InChI=1S/C24H22F5N3O5/c1-13(14-7-9-15(10-8-14)23(34)35-3)30-21(33)18-19(20(25)26)31-32(2)22(18)37-17-6-4-5-16(11-17)36-12-24(27,28)29/h4-11,13,20H,12H2,1-3H3,(H,30,33)/t13-/m0/s1. The molecule has 0 radical (unpaired) electrons. The fraction of sp³-hybridized carbons (Fsp3) is 0.292. The number of ether oxygens (including phenoxy) is 3. The highest BCUT2D eigenvalue weighted by Crippen LogP contribution is 2.34. The molecule has 13 heteroatoms. The zero-order valence-corrected chi connectivity index (χ0v) is 19.8. The maximum Gasteiger partial charge on any atom is 0.422 e. The molecule has 0 fully saturated rings. The number of nitrogens with zero attached hydrogens (tertiary/aromatic N) is 2. The lowest BCUT2D eigenvalue weighted by Gasteiger charge is -2.16. The van der Waals surface area contributed by atoms with Crippen LogP contribution in [0.2, 0.25) is 0 Å². The van der Waals surface area contributed by atoms with Gasteiger partial charge in [-0.25, -0.2) is 18.3 Å². The molecular weight excluding hydrogens is 505 g/mol. The predicted molar refractivity (Wildman–Crippen MR) is 120 cm³/mol. The van der Waals surface area contributed by atoms with Gasteiger partial charge < -0.3 is 19.5 Å². The third-order valence-corrected chi connectivity index (χ3v) is 5.06. The highest BCUT2D eigenvalue weighted by molar-refractivity contribution is 5.98. The van der Waals surface area contributed by atoms with Gasteiger partial charge >= 0.3 is 12.1 Å². The Morgan fingerprint density at radius 2 is 1.73 bits per heavy atom. The van der Waals surface area contributed by atoms with Crippen molar-refractivity contribution in [2.24, 2.45) is 7.05 Å². The molecule has 198 valence electrons. The lowest BCUT2D eigenvalue weighted by molar-refractivity contribution is -0.153. The van der Waals surface area contributed by atoms with E-state index in [1.165, 1.54) is 44.5 Å². The van der Waals surface area contributed by atoms with Crippen molar-refractivity contribution < 1.29 is 45.8 Å². The summed E-state index contributed by atoms with van der Waals surface area (Å²) < 4.78 is 80.7. The van der Waals surface area contributed by atoms with Crippen LogP contribution in [0.3, 0.4) is 0 Å². The molecule has 0 unspecified atom stereocenters. The smallest absolute Gasteiger partial charge is 0.422 e. The molecule has 8 nitrogen and oxygen atoms in total. The van der Waals surface area contributed by atoms with Crippen LogP contribution in [0.25, 0.3) is 0 Å². The summed E-state index contributed by atoms with van der Waals surface area (Å²) in [6.45, 7) is 0.0648. The SMILES string of the molecule is COC(=O)c1ccc([C@H](C)NC(=O)c2c(C(F)F)nn(C)c2Oc2cccc(OCC(F)(F)F)c2)cc1. The van der Waals surface area contributed by atoms with Gasteiger partial charge in [-0.1, -0.05) is 18.2 Å².